The number of imidazole rings is 2. The Morgan fingerprint density at radius 1 is 1.35 bits per heavy atom. The van der Waals surface area contributed by atoms with Crippen LogP contribution in [0, 0.1) is 4.77 Å². The van der Waals surface area contributed by atoms with Crippen molar-refractivity contribution in [1.29, 1.82) is 0 Å². The van der Waals surface area contributed by atoms with E-state index in [2.05, 4.69) is 19.9 Å². The van der Waals surface area contributed by atoms with Gasteiger partial charge >= 0.3 is 0 Å². The average molecular weight is 333 g/mol. The molecule has 9 nitrogen and oxygen atoms in total. The molecular weight excluding hydrogens is 318 g/mol. The summed E-state index contributed by atoms with van der Waals surface area (Å²) in [5.74, 6) is -0.442. The molecule has 2 unspecified atom stereocenters. The van der Waals surface area contributed by atoms with Crippen LogP contribution in [0.3, 0.4) is 0 Å². The highest BCUT2D eigenvalue weighted by Gasteiger charge is 2.23. The first kappa shape index (κ1) is 15.2. The number of aromatic nitrogens is 6. The van der Waals surface area contributed by atoms with E-state index in [-0.39, 0.29) is 28.2 Å². The molecule has 0 bridgehead atoms. The molecule has 0 radical (unpaired) electrons. The molecule has 0 aromatic carbocycles. The van der Waals surface area contributed by atoms with E-state index >= 15 is 0 Å². The highest BCUT2D eigenvalue weighted by atomic mass is 32.1. The quantitative estimate of drug-likeness (QED) is 0.611. The third kappa shape index (κ3) is 2.36. The molecule has 120 valence electrons. The summed E-state index contributed by atoms with van der Waals surface area (Å²) in [5.41, 5.74) is 5.83. The Morgan fingerprint density at radius 2 is 2.09 bits per heavy atom. The van der Waals surface area contributed by atoms with Gasteiger partial charge in [0.25, 0.3) is 11.5 Å². The number of primary amides is 1. The molecule has 0 aliphatic heterocycles. The number of amides is 1. The molecule has 0 spiro atoms. The Morgan fingerprint density at radius 3 is 2.78 bits per heavy atom. The van der Waals surface area contributed by atoms with E-state index < -0.39 is 5.91 Å². The van der Waals surface area contributed by atoms with Crippen molar-refractivity contribution in [3.63, 3.8) is 0 Å². The van der Waals surface area contributed by atoms with Crippen LogP contribution in [0.15, 0.2) is 23.5 Å². The Balaban J connectivity index is 2.14. The normalized spacial score (nSPS) is 14.0. The van der Waals surface area contributed by atoms with Crippen LogP contribution in [0.25, 0.3) is 11.2 Å². The number of nitrogens with two attached hydrogens (primary N) is 1. The minimum atomic E-state index is -0.607. The van der Waals surface area contributed by atoms with Crippen LogP contribution in [0.4, 0.5) is 0 Å². The fourth-order valence-electron chi connectivity index (χ4n) is 2.61. The van der Waals surface area contributed by atoms with Gasteiger partial charge in [-0.15, -0.1) is 0 Å². The summed E-state index contributed by atoms with van der Waals surface area (Å²) >= 11 is 5.28. The van der Waals surface area contributed by atoms with Crippen LogP contribution in [0.1, 0.15) is 36.6 Å². The summed E-state index contributed by atoms with van der Waals surface area (Å²) in [7, 11) is 0. The van der Waals surface area contributed by atoms with Crippen LogP contribution in [0.5, 0.6) is 0 Å². The largest absolute Gasteiger partial charge is 0.363 e. The van der Waals surface area contributed by atoms with Gasteiger partial charge in [-0.2, -0.15) is 0 Å². The van der Waals surface area contributed by atoms with Crippen molar-refractivity contribution in [3.8, 4) is 0 Å². The Kier molecular flexibility index (Phi) is 3.60. The summed E-state index contributed by atoms with van der Waals surface area (Å²) in [6.45, 7) is 3.82. The summed E-state index contributed by atoms with van der Waals surface area (Å²) in [4.78, 5) is 37.0. The Bertz CT molecular complexity index is 996. The maximum absolute atomic E-state index is 11.9. The van der Waals surface area contributed by atoms with E-state index in [9.17, 15) is 9.59 Å². The number of aromatic amines is 2. The summed E-state index contributed by atoms with van der Waals surface area (Å²) < 4.78 is 3.67. The van der Waals surface area contributed by atoms with E-state index in [1.165, 1.54) is 12.5 Å². The second-order valence-electron chi connectivity index (χ2n) is 5.23. The van der Waals surface area contributed by atoms with E-state index in [0.717, 1.165) is 0 Å². The first-order valence-electron chi connectivity index (χ1n) is 6.92. The van der Waals surface area contributed by atoms with Crippen molar-refractivity contribution in [2.45, 2.75) is 25.9 Å². The second kappa shape index (κ2) is 5.47. The minimum absolute atomic E-state index is 0.165. The molecule has 0 fully saturated rings. The van der Waals surface area contributed by atoms with Crippen molar-refractivity contribution in [1.82, 2.24) is 29.1 Å². The zero-order chi connectivity index (χ0) is 16.7. The summed E-state index contributed by atoms with van der Waals surface area (Å²) in [5, 5.41) is 0. The molecule has 23 heavy (non-hydrogen) atoms. The maximum Gasteiger partial charge on any atom is 0.284 e. The monoisotopic (exact) mass is 333 g/mol. The fraction of sp³-hybridized carbons (Fsp3) is 0.308. The number of hydrogen-bond acceptors (Lipinski definition) is 5. The lowest BCUT2D eigenvalue weighted by Gasteiger charge is -2.25. The number of hydrogen-bond donors (Lipinski definition) is 3. The zero-order valence-electron chi connectivity index (χ0n) is 12.5. The molecule has 1 amide bonds. The number of nitrogens with one attached hydrogen (secondary N) is 2. The number of carbonyl (C=O) groups excluding carboxylic acids is 1. The van der Waals surface area contributed by atoms with E-state index in [4.69, 9.17) is 18.0 Å². The lowest BCUT2D eigenvalue weighted by molar-refractivity contribution is 0.0983. The summed E-state index contributed by atoms with van der Waals surface area (Å²) in [6.07, 6.45) is 4.63. The molecule has 2 atom stereocenters. The van der Waals surface area contributed by atoms with Crippen molar-refractivity contribution >= 4 is 29.3 Å². The molecule has 3 aromatic heterocycles. The topological polar surface area (TPSA) is 127 Å². The van der Waals surface area contributed by atoms with Gasteiger partial charge in [-0.25, -0.2) is 9.97 Å². The number of nitrogens with zero attached hydrogens (tertiary/aromatic N) is 4. The molecule has 0 aliphatic rings. The number of rotatable bonds is 4. The van der Waals surface area contributed by atoms with Crippen molar-refractivity contribution in [2.75, 3.05) is 0 Å². The number of fused-ring (bicyclic) bond motifs is 1. The minimum Gasteiger partial charge on any atom is -0.363 e. The molecule has 3 heterocycles. The predicted molar refractivity (Wildman–Crippen MR) is 85.7 cm³/mol. The van der Waals surface area contributed by atoms with Gasteiger partial charge in [0.15, 0.2) is 16.2 Å². The van der Waals surface area contributed by atoms with Gasteiger partial charge in [0, 0.05) is 12.4 Å². The first-order valence-corrected chi connectivity index (χ1v) is 7.33. The smallest absolute Gasteiger partial charge is 0.284 e. The highest BCUT2D eigenvalue weighted by Crippen LogP contribution is 2.25. The van der Waals surface area contributed by atoms with Gasteiger partial charge in [-0.3, -0.25) is 19.1 Å². The molecule has 10 heteroatoms. The fourth-order valence-corrected chi connectivity index (χ4v) is 2.96. The van der Waals surface area contributed by atoms with Crippen LogP contribution >= 0.6 is 12.2 Å². The molecule has 0 saturated carbocycles. The first-order chi connectivity index (χ1) is 10.9. The third-order valence-corrected chi connectivity index (χ3v) is 4.25. The van der Waals surface area contributed by atoms with E-state index in [1.807, 2.05) is 13.8 Å². The molecule has 0 saturated heterocycles. The Labute approximate surface area is 135 Å². The average Bonchev–Trinajstić information content (AvgIpc) is 3.15. The van der Waals surface area contributed by atoms with Gasteiger partial charge in [-0.05, 0) is 26.1 Å². The van der Waals surface area contributed by atoms with Gasteiger partial charge in [0.1, 0.15) is 5.52 Å². The predicted octanol–water partition coefficient (Wildman–Crippen LogP) is 0.900. The van der Waals surface area contributed by atoms with E-state index in [1.54, 1.807) is 15.3 Å². The van der Waals surface area contributed by atoms with Crippen LogP contribution in [-0.2, 0) is 0 Å². The molecular formula is C13H15N7O2S. The van der Waals surface area contributed by atoms with Crippen LogP contribution in [-0.4, -0.2) is 35.0 Å². The molecule has 4 N–H and O–H groups in total. The number of carbonyl (C=O) groups is 1. The third-order valence-electron chi connectivity index (χ3n) is 3.95. The van der Waals surface area contributed by atoms with Gasteiger partial charge < -0.3 is 15.3 Å². The van der Waals surface area contributed by atoms with Crippen molar-refractivity contribution in [2.24, 2.45) is 5.73 Å². The number of H-pyrrole nitrogens is 2. The summed E-state index contributed by atoms with van der Waals surface area (Å²) in [6, 6.07) is -0.407. The highest BCUT2D eigenvalue weighted by molar-refractivity contribution is 7.71. The Hall–Kier alpha value is -2.75. The molecule has 3 aromatic rings. The van der Waals surface area contributed by atoms with Crippen LogP contribution < -0.4 is 11.3 Å². The van der Waals surface area contributed by atoms with Crippen LogP contribution in [0.2, 0.25) is 0 Å². The molecule has 3 rings (SSSR count). The lowest BCUT2D eigenvalue weighted by Crippen LogP contribution is -2.26. The lowest BCUT2D eigenvalue weighted by atomic mass is 10.1. The zero-order valence-corrected chi connectivity index (χ0v) is 13.3. The maximum atomic E-state index is 11.9. The van der Waals surface area contributed by atoms with Gasteiger partial charge in [0.2, 0.25) is 0 Å². The molecule has 0 aliphatic carbocycles. The van der Waals surface area contributed by atoms with Crippen molar-refractivity contribution < 1.29 is 4.79 Å². The standard InChI is InChI=1S/C13H15N7O2S/c1-6(19-4-3-15-11(19)9(14)21)7(2)20-10-8(16-5-17-10)12(22)18-13(20)23/h3-7H,1-2H3,(H2,14,21)(H,16,17)(H,18,22,23). The SMILES string of the molecule is CC(C(C)n1c(=S)[nH]c(=O)c2[nH]cnc21)n1ccnc1C(N)=O. The van der Waals surface area contributed by atoms with Gasteiger partial charge in [-0.1, -0.05) is 0 Å². The van der Waals surface area contributed by atoms with E-state index in [0.29, 0.717) is 11.2 Å². The van der Waals surface area contributed by atoms with Crippen molar-refractivity contribution in [3.05, 3.63) is 39.7 Å². The second-order valence-corrected chi connectivity index (χ2v) is 5.62. The van der Waals surface area contributed by atoms with Gasteiger partial charge in [0.05, 0.1) is 18.4 Å².